The molecule has 1 amide bonds. The van der Waals surface area contributed by atoms with Gasteiger partial charge in [0.2, 0.25) is 0 Å². The topological polar surface area (TPSA) is 66.5 Å². The quantitative estimate of drug-likeness (QED) is 0.285. The highest BCUT2D eigenvalue weighted by atomic mass is 32.5. The van der Waals surface area contributed by atoms with Gasteiger partial charge >= 0.3 is 10.2 Å². The fourth-order valence-corrected chi connectivity index (χ4v) is 7.12. The van der Waals surface area contributed by atoms with Gasteiger partial charge in [0.1, 0.15) is 4.90 Å². The molecule has 1 saturated carbocycles. The van der Waals surface area contributed by atoms with Crippen molar-refractivity contribution < 1.29 is 32.6 Å². The van der Waals surface area contributed by atoms with Crippen LogP contribution in [0.25, 0.3) is 11.1 Å². The Kier molecular flexibility index (Phi) is 7.04. The maximum atomic E-state index is 13.3. The van der Waals surface area contributed by atoms with Crippen LogP contribution in [0.15, 0.2) is 82.6 Å². The standard InChI is InChI=1S/C27H29F5N2O3S2/c1-34(2)27(35)21-5-3-4-20(18-21)19-6-12-24(13-7-19)38(36,37)25-14-8-22(9-15-25)33-23-10-16-26(17-11-23)39(28,29,30,31)32/h3-7,10-13,16-18,22,25,33H,8-9,14-15H2,1-2H3. The molecule has 3 aromatic carbocycles. The van der Waals surface area contributed by atoms with Crippen LogP contribution in [0.1, 0.15) is 36.0 Å². The number of carbonyl (C=O) groups excluding carboxylic acids is 1. The highest BCUT2D eigenvalue weighted by Crippen LogP contribution is 3.02. The summed E-state index contributed by atoms with van der Waals surface area (Å²) in [4.78, 5) is 12.0. The molecular weight excluding hydrogens is 559 g/mol. The van der Waals surface area contributed by atoms with Gasteiger partial charge in [0.25, 0.3) is 5.91 Å². The molecule has 3 aromatic rings. The van der Waals surface area contributed by atoms with Crippen molar-refractivity contribution in [2.24, 2.45) is 0 Å². The van der Waals surface area contributed by atoms with E-state index in [-0.39, 0.29) is 22.5 Å². The molecule has 0 spiro atoms. The molecule has 0 heterocycles. The maximum absolute atomic E-state index is 13.3. The first kappa shape index (κ1) is 28.9. The van der Waals surface area contributed by atoms with E-state index in [1.54, 1.807) is 56.6 Å². The average molecular weight is 589 g/mol. The van der Waals surface area contributed by atoms with Crippen molar-refractivity contribution in [2.45, 2.75) is 46.8 Å². The van der Waals surface area contributed by atoms with Gasteiger partial charge in [-0.1, -0.05) is 43.7 Å². The lowest BCUT2D eigenvalue weighted by Crippen LogP contribution is -2.32. The van der Waals surface area contributed by atoms with Crippen molar-refractivity contribution in [3.05, 3.63) is 78.4 Å². The third-order valence-electron chi connectivity index (χ3n) is 6.82. The predicted molar refractivity (Wildman–Crippen MR) is 145 cm³/mol. The first-order chi connectivity index (χ1) is 17.9. The summed E-state index contributed by atoms with van der Waals surface area (Å²) in [5.41, 5.74) is 2.34. The second-order valence-electron chi connectivity index (χ2n) is 9.96. The number of benzene rings is 3. The zero-order valence-corrected chi connectivity index (χ0v) is 22.9. The monoisotopic (exact) mass is 588 g/mol. The molecule has 1 fully saturated rings. The summed E-state index contributed by atoms with van der Waals surface area (Å²) in [6.07, 6.45) is 1.61. The van der Waals surface area contributed by atoms with Crippen molar-refractivity contribution in [1.82, 2.24) is 4.90 Å². The number of anilines is 1. The molecule has 4 rings (SSSR count). The number of rotatable bonds is 7. The van der Waals surface area contributed by atoms with Gasteiger partial charge in [-0.3, -0.25) is 4.79 Å². The van der Waals surface area contributed by atoms with Gasteiger partial charge in [-0.05, 0) is 85.3 Å². The average Bonchev–Trinajstić information content (AvgIpc) is 2.87. The van der Waals surface area contributed by atoms with Gasteiger partial charge in [-0.2, -0.15) is 0 Å². The van der Waals surface area contributed by atoms with Crippen LogP contribution < -0.4 is 5.32 Å². The van der Waals surface area contributed by atoms with Crippen LogP contribution in [0.3, 0.4) is 0 Å². The van der Waals surface area contributed by atoms with Gasteiger partial charge in [-0.25, -0.2) is 8.42 Å². The summed E-state index contributed by atoms with van der Waals surface area (Å²) in [6, 6.07) is 16.0. The second kappa shape index (κ2) is 9.51. The van der Waals surface area contributed by atoms with Gasteiger partial charge in [-0.15, -0.1) is 0 Å². The Bertz CT molecular complexity index is 1470. The number of sulfone groups is 1. The third-order valence-corrected chi connectivity index (χ3v) is 10.3. The zero-order chi connectivity index (χ0) is 28.7. The minimum atomic E-state index is -9.73. The predicted octanol–water partition coefficient (Wildman–Crippen LogP) is 7.91. The largest absolute Gasteiger partial charge is 0.382 e. The number of hydrogen-bond donors (Lipinski definition) is 1. The van der Waals surface area contributed by atoms with Crippen LogP contribution in [0, 0.1) is 0 Å². The number of halogens is 5. The van der Waals surface area contributed by atoms with E-state index in [1.165, 1.54) is 4.90 Å². The van der Waals surface area contributed by atoms with E-state index in [0.29, 0.717) is 43.4 Å². The van der Waals surface area contributed by atoms with E-state index in [1.807, 2.05) is 6.07 Å². The zero-order valence-electron chi connectivity index (χ0n) is 21.3. The summed E-state index contributed by atoms with van der Waals surface area (Å²) in [6.45, 7) is 0. The summed E-state index contributed by atoms with van der Waals surface area (Å²) >= 11 is 0. The Labute approximate surface area is 224 Å². The van der Waals surface area contributed by atoms with Crippen molar-refractivity contribution in [3.8, 4) is 11.1 Å². The lowest BCUT2D eigenvalue weighted by molar-refractivity contribution is 0.0827. The van der Waals surface area contributed by atoms with Gasteiger partial charge in [0.05, 0.1) is 10.1 Å². The number of nitrogens with one attached hydrogen (secondary N) is 1. The van der Waals surface area contributed by atoms with Crippen LogP contribution >= 0.6 is 10.2 Å². The molecule has 12 heteroatoms. The molecule has 0 unspecified atom stereocenters. The molecule has 0 saturated heterocycles. The molecule has 1 N–H and O–H groups in total. The third kappa shape index (κ3) is 6.73. The van der Waals surface area contributed by atoms with E-state index in [4.69, 9.17) is 0 Å². The normalized spacial score (nSPS) is 20.0. The van der Waals surface area contributed by atoms with Crippen molar-refractivity contribution in [2.75, 3.05) is 19.4 Å². The van der Waals surface area contributed by atoms with Gasteiger partial charge in [0, 0.05) is 31.4 Å². The SMILES string of the molecule is CN(C)C(=O)c1cccc(-c2ccc(S(=O)(=O)C3CCC(Nc4ccc(S(F)(F)(F)(F)F)cc4)CC3)cc2)c1. The summed E-state index contributed by atoms with van der Waals surface area (Å²) in [5.74, 6) is -0.137. The molecule has 1 aliphatic carbocycles. The molecule has 0 atom stereocenters. The Morgan fingerprint density at radius 2 is 1.41 bits per heavy atom. The highest BCUT2D eigenvalue weighted by molar-refractivity contribution is 8.45. The van der Waals surface area contributed by atoms with Crippen molar-refractivity contribution in [1.29, 1.82) is 0 Å². The van der Waals surface area contributed by atoms with Gasteiger partial charge < -0.3 is 10.2 Å². The number of nitrogens with zero attached hydrogens (tertiary/aromatic N) is 1. The van der Waals surface area contributed by atoms with Crippen LogP contribution in [-0.2, 0) is 9.84 Å². The fraction of sp³-hybridized carbons (Fsp3) is 0.296. The summed E-state index contributed by atoms with van der Waals surface area (Å²) in [7, 11) is -10.0. The molecule has 212 valence electrons. The molecule has 0 radical (unpaired) electrons. The minimum Gasteiger partial charge on any atom is -0.382 e. The van der Waals surface area contributed by atoms with Crippen LogP contribution in [0.4, 0.5) is 25.1 Å². The summed E-state index contributed by atoms with van der Waals surface area (Å²) in [5, 5.41) is 2.41. The van der Waals surface area contributed by atoms with Crippen LogP contribution in [0.2, 0.25) is 0 Å². The minimum absolute atomic E-state index is 0.137. The summed E-state index contributed by atoms with van der Waals surface area (Å²) < 4.78 is 91.1. The van der Waals surface area contributed by atoms with E-state index in [9.17, 15) is 32.6 Å². The highest BCUT2D eigenvalue weighted by Gasteiger charge is 2.65. The van der Waals surface area contributed by atoms with Crippen molar-refractivity contribution in [3.63, 3.8) is 0 Å². The lowest BCUT2D eigenvalue weighted by atomic mass is 9.95. The van der Waals surface area contributed by atoms with E-state index in [0.717, 1.165) is 23.3 Å². The van der Waals surface area contributed by atoms with Crippen molar-refractivity contribution >= 4 is 31.7 Å². The number of hydrogen-bond acceptors (Lipinski definition) is 4. The maximum Gasteiger partial charge on any atom is 0.310 e. The molecule has 5 nitrogen and oxygen atoms in total. The van der Waals surface area contributed by atoms with Gasteiger partial charge in [0.15, 0.2) is 9.84 Å². The molecular formula is C27H29F5N2O3S2. The van der Waals surface area contributed by atoms with E-state index < -0.39 is 30.2 Å². The van der Waals surface area contributed by atoms with E-state index >= 15 is 0 Å². The molecule has 1 aliphatic rings. The molecule has 0 aromatic heterocycles. The fourth-order valence-electron chi connectivity index (χ4n) is 4.68. The van der Waals surface area contributed by atoms with E-state index in [2.05, 4.69) is 5.32 Å². The van der Waals surface area contributed by atoms with Crippen LogP contribution in [0.5, 0.6) is 0 Å². The number of amides is 1. The number of carbonyl (C=O) groups is 1. The Morgan fingerprint density at radius 1 is 0.821 bits per heavy atom. The lowest BCUT2D eigenvalue weighted by Gasteiger charge is -2.40. The molecule has 0 aliphatic heterocycles. The smallest absolute Gasteiger partial charge is 0.310 e. The first-order valence-electron chi connectivity index (χ1n) is 12.2. The second-order valence-corrected chi connectivity index (χ2v) is 14.6. The first-order valence-corrected chi connectivity index (χ1v) is 15.7. The van der Waals surface area contributed by atoms with Crippen LogP contribution in [-0.4, -0.2) is 44.6 Å². The Morgan fingerprint density at radius 3 is 1.95 bits per heavy atom. The Balaban J connectivity index is 1.39. The molecule has 39 heavy (non-hydrogen) atoms. The Hall–Kier alpha value is -3.12. The molecule has 0 bridgehead atoms.